The van der Waals surface area contributed by atoms with Crippen LogP contribution in [0.4, 0.5) is 5.13 Å². The highest BCUT2D eigenvalue weighted by Gasteiger charge is 2.07. The number of thioether (sulfide) groups is 1. The summed E-state index contributed by atoms with van der Waals surface area (Å²) >= 11 is 3.27. The van der Waals surface area contributed by atoms with Crippen molar-refractivity contribution in [2.45, 2.75) is 17.9 Å². The Morgan fingerprint density at radius 2 is 2.26 bits per heavy atom. The molecule has 1 aromatic carbocycles. The lowest BCUT2D eigenvalue weighted by Gasteiger charge is -1.94. The number of fused-ring (bicyclic) bond motifs is 1. The average molecular weight is 291 g/mol. The third kappa shape index (κ3) is 2.90. The van der Waals surface area contributed by atoms with E-state index in [4.69, 9.17) is 4.42 Å². The Morgan fingerprint density at radius 3 is 3.11 bits per heavy atom. The molecule has 0 aliphatic heterocycles. The van der Waals surface area contributed by atoms with Crippen molar-refractivity contribution in [3.8, 4) is 0 Å². The number of hydrogen-bond acceptors (Lipinski definition) is 6. The van der Waals surface area contributed by atoms with Crippen LogP contribution in [-0.4, -0.2) is 16.5 Å². The van der Waals surface area contributed by atoms with Gasteiger partial charge in [0.15, 0.2) is 10.7 Å². The van der Waals surface area contributed by atoms with E-state index in [1.807, 2.05) is 30.5 Å². The SMILES string of the molecule is CCNc1ncc(CSc2nc3ccccc3o2)s1. The molecule has 0 radical (unpaired) electrons. The van der Waals surface area contributed by atoms with Gasteiger partial charge >= 0.3 is 0 Å². The van der Waals surface area contributed by atoms with Crippen molar-refractivity contribution in [3.63, 3.8) is 0 Å². The van der Waals surface area contributed by atoms with Gasteiger partial charge in [-0.05, 0) is 19.1 Å². The molecule has 98 valence electrons. The van der Waals surface area contributed by atoms with Crippen LogP contribution < -0.4 is 5.32 Å². The number of rotatable bonds is 5. The van der Waals surface area contributed by atoms with E-state index >= 15 is 0 Å². The van der Waals surface area contributed by atoms with Crippen LogP contribution in [0.2, 0.25) is 0 Å². The fourth-order valence-corrected chi connectivity index (χ4v) is 3.39. The van der Waals surface area contributed by atoms with E-state index < -0.39 is 0 Å². The van der Waals surface area contributed by atoms with Gasteiger partial charge in [-0.3, -0.25) is 0 Å². The quantitative estimate of drug-likeness (QED) is 0.720. The minimum Gasteiger partial charge on any atom is -0.431 e. The van der Waals surface area contributed by atoms with Crippen LogP contribution in [0.25, 0.3) is 11.1 Å². The molecule has 19 heavy (non-hydrogen) atoms. The van der Waals surface area contributed by atoms with Gasteiger partial charge in [-0.25, -0.2) is 9.97 Å². The first kappa shape index (κ1) is 12.5. The van der Waals surface area contributed by atoms with Crippen LogP contribution in [0.15, 0.2) is 40.1 Å². The third-order valence-electron chi connectivity index (χ3n) is 2.49. The zero-order chi connectivity index (χ0) is 13.1. The maximum Gasteiger partial charge on any atom is 0.257 e. The van der Waals surface area contributed by atoms with Gasteiger partial charge < -0.3 is 9.73 Å². The highest BCUT2D eigenvalue weighted by molar-refractivity contribution is 7.98. The van der Waals surface area contributed by atoms with Crippen molar-refractivity contribution in [1.29, 1.82) is 0 Å². The summed E-state index contributed by atoms with van der Waals surface area (Å²) in [5.41, 5.74) is 1.74. The number of hydrogen-bond donors (Lipinski definition) is 1. The van der Waals surface area contributed by atoms with E-state index in [1.165, 1.54) is 4.88 Å². The molecular formula is C13H13N3OS2. The van der Waals surface area contributed by atoms with Crippen LogP contribution in [0.1, 0.15) is 11.8 Å². The zero-order valence-electron chi connectivity index (χ0n) is 10.4. The Morgan fingerprint density at radius 1 is 1.37 bits per heavy atom. The molecule has 0 aliphatic rings. The topological polar surface area (TPSA) is 51.0 Å². The van der Waals surface area contributed by atoms with Gasteiger partial charge in [-0.2, -0.15) is 0 Å². The molecule has 1 N–H and O–H groups in total. The van der Waals surface area contributed by atoms with Crippen LogP contribution >= 0.6 is 23.1 Å². The molecule has 0 aliphatic carbocycles. The number of nitrogens with one attached hydrogen (secondary N) is 1. The molecule has 0 amide bonds. The van der Waals surface area contributed by atoms with Gasteiger partial charge in [-0.15, -0.1) is 11.3 Å². The second kappa shape index (κ2) is 5.63. The van der Waals surface area contributed by atoms with Crippen molar-refractivity contribution in [2.75, 3.05) is 11.9 Å². The molecule has 3 aromatic rings. The van der Waals surface area contributed by atoms with Gasteiger partial charge in [0, 0.05) is 23.4 Å². The van der Waals surface area contributed by atoms with E-state index in [0.29, 0.717) is 5.22 Å². The molecule has 2 aromatic heterocycles. The lowest BCUT2D eigenvalue weighted by Crippen LogP contribution is -1.94. The highest BCUT2D eigenvalue weighted by Crippen LogP contribution is 2.29. The largest absolute Gasteiger partial charge is 0.431 e. The van der Waals surface area contributed by atoms with E-state index in [-0.39, 0.29) is 0 Å². The second-order valence-electron chi connectivity index (χ2n) is 3.90. The van der Waals surface area contributed by atoms with Gasteiger partial charge in [0.2, 0.25) is 0 Å². The Labute approximate surface area is 119 Å². The van der Waals surface area contributed by atoms with Crippen molar-refractivity contribution >= 4 is 39.3 Å². The zero-order valence-corrected chi connectivity index (χ0v) is 12.1. The van der Waals surface area contributed by atoms with Crippen LogP contribution in [-0.2, 0) is 5.75 Å². The smallest absolute Gasteiger partial charge is 0.257 e. The number of aromatic nitrogens is 2. The minimum absolute atomic E-state index is 0.708. The van der Waals surface area contributed by atoms with Crippen molar-refractivity contribution in [3.05, 3.63) is 35.3 Å². The Bertz CT molecular complexity index is 644. The fraction of sp³-hybridized carbons (Fsp3) is 0.231. The Hall–Kier alpha value is -1.53. The Balaban J connectivity index is 1.67. The normalized spacial score (nSPS) is 11.0. The molecule has 0 spiro atoms. The molecule has 0 bridgehead atoms. The maximum absolute atomic E-state index is 5.66. The number of benzene rings is 1. The summed E-state index contributed by atoms with van der Waals surface area (Å²) in [6.45, 7) is 2.96. The molecule has 0 atom stereocenters. The Kier molecular flexibility index (Phi) is 3.70. The maximum atomic E-state index is 5.66. The summed E-state index contributed by atoms with van der Waals surface area (Å²) in [5.74, 6) is 0.829. The predicted octanol–water partition coefficient (Wildman–Crippen LogP) is 4.01. The molecule has 0 unspecified atom stereocenters. The molecule has 4 nitrogen and oxygen atoms in total. The standard InChI is InChI=1S/C13H13N3OS2/c1-2-14-12-15-7-9(19-12)8-18-13-16-10-5-3-4-6-11(10)17-13/h3-7H,2,8H2,1H3,(H,14,15). The molecule has 6 heteroatoms. The van der Waals surface area contributed by atoms with Crippen molar-refractivity contribution in [2.24, 2.45) is 0 Å². The van der Waals surface area contributed by atoms with Crippen molar-refractivity contribution in [1.82, 2.24) is 9.97 Å². The van der Waals surface area contributed by atoms with Crippen molar-refractivity contribution < 1.29 is 4.42 Å². The van der Waals surface area contributed by atoms with E-state index in [2.05, 4.69) is 22.2 Å². The first-order valence-corrected chi connectivity index (χ1v) is 7.82. The third-order valence-corrected chi connectivity index (χ3v) is 4.51. The first-order valence-electron chi connectivity index (χ1n) is 6.02. The summed E-state index contributed by atoms with van der Waals surface area (Å²) in [6, 6.07) is 7.81. The summed E-state index contributed by atoms with van der Waals surface area (Å²) in [5, 5.41) is 4.88. The fourth-order valence-electron chi connectivity index (χ4n) is 1.65. The molecule has 3 rings (SSSR count). The molecule has 2 heterocycles. The second-order valence-corrected chi connectivity index (χ2v) is 5.94. The molecule has 0 saturated heterocycles. The highest BCUT2D eigenvalue weighted by atomic mass is 32.2. The number of anilines is 1. The van der Waals surface area contributed by atoms with Gasteiger partial charge in [0.05, 0.1) is 0 Å². The van der Waals surface area contributed by atoms with Gasteiger partial charge in [0.25, 0.3) is 5.22 Å². The number of oxazole rings is 1. The number of nitrogens with zero attached hydrogens (tertiary/aromatic N) is 2. The number of para-hydroxylation sites is 2. The van der Waals surface area contributed by atoms with Crippen LogP contribution in [0, 0.1) is 0 Å². The van der Waals surface area contributed by atoms with Crippen LogP contribution in [0.3, 0.4) is 0 Å². The van der Waals surface area contributed by atoms with Gasteiger partial charge in [0.1, 0.15) is 5.52 Å². The summed E-state index contributed by atoms with van der Waals surface area (Å²) < 4.78 is 5.66. The van der Waals surface area contributed by atoms with E-state index in [9.17, 15) is 0 Å². The number of thiazole rings is 1. The lowest BCUT2D eigenvalue weighted by molar-refractivity contribution is 0.489. The van der Waals surface area contributed by atoms with Crippen LogP contribution in [0.5, 0.6) is 0 Å². The minimum atomic E-state index is 0.708. The summed E-state index contributed by atoms with van der Waals surface area (Å²) in [7, 11) is 0. The summed E-state index contributed by atoms with van der Waals surface area (Å²) in [6.07, 6.45) is 1.90. The molecular weight excluding hydrogens is 278 g/mol. The lowest BCUT2D eigenvalue weighted by atomic mass is 10.3. The first-order chi connectivity index (χ1) is 9.35. The van der Waals surface area contributed by atoms with E-state index in [1.54, 1.807) is 23.1 Å². The van der Waals surface area contributed by atoms with E-state index in [0.717, 1.165) is 28.5 Å². The average Bonchev–Trinajstić information content (AvgIpc) is 3.02. The molecule has 0 saturated carbocycles. The monoisotopic (exact) mass is 291 g/mol. The predicted molar refractivity (Wildman–Crippen MR) is 79.8 cm³/mol. The van der Waals surface area contributed by atoms with Gasteiger partial charge in [-0.1, -0.05) is 23.9 Å². The molecule has 0 fully saturated rings. The summed E-state index contributed by atoms with van der Waals surface area (Å²) in [4.78, 5) is 9.95.